The highest BCUT2D eigenvalue weighted by Gasteiger charge is 2.18. The lowest BCUT2D eigenvalue weighted by Gasteiger charge is -2.11. The molecule has 8 heteroatoms. The first kappa shape index (κ1) is 30.6. The van der Waals surface area contributed by atoms with Crippen molar-refractivity contribution in [2.24, 2.45) is 0 Å². The van der Waals surface area contributed by atoms with Gasteiger partial charge in [0.15, 0.2) is 6.23 Å². The van der Waals surface area contributed by atoms with E-state index in [1.54, 1.807) is 43.3 Å². The molecule has 7 nitrogen and oxygen atoms in total. The van der Waals surface area contributed by atoms with Crippen molar-refractivity contribution in [3.8, 4) is 16.9 Å². The van der Waals surface area contributed by atoms with Gasteiger partial charge in [0.2, 0.25) is 11.6 Å². The lowest BCUT2D eigenvalue weighted by atomic mass is 10.1. The van der Waals surface area contributed by atoms with Crippen LogP contribution in [0.15, 0.2) is 127 Å². The fourth-order valence-electron chi connectivity index (χ4n) is 3.09. The van der Waals surface area contributed by atoms with E-state index in [1.165, 1.54) is 11.1 Å². The number of nitrogens with zero attached hydrogens (tertiary/aromatic N) is 1. The number of amides is 1. The number of benzene rings is 4. The third kappa shape index (κ3) is 11.1. The average Bonchev–Trinajstić information content (AvgIpc) is 3.32. The molecule has 1 aliphatic heterocycles. The number of rotatable bonds is 4. The molecule has 0 fully saturated rings. The molecule has 1 unspecified atom stereocenters. The molecular formula is C31H30ClNO6. The van der Waals surface area contributed by atoms with Gasteiger partial charge in [0.25, 0.3) is 0 Å². The van der Waals surface area contributed by atoms with Gasteiger partial charge in [-0.2, -0.15) is 0 Å². The Kier molecular flexibility index (Phi) is 13.4. The van der Waals surface area contributed by atoms with Crippen LogP contribution in [-0.4, -0.2) is 38.8 Å². The molecule has 3 N–H and O–H groups in total. The van der Waals surface area contributed by atoms with Gasteiger partial charge in [0.1, 0.15) is 5.75 Å². The number of phenols is 1. The zero-order valence-corrected chi connectivity index (χ0v) is 22.1. The van der Waals surface area contributed by atoms with Gasteiger partial charge < -0.3 is 20.1 Å². The molecule has 0 bridgehead atoms. The Morgan fingerprint density at radius 3 is 1.77 bits per heavy atom. The summed E-state index contributed by atoms with van der Waals surface area (Å²) in [7, 11) is 0. The molecule has 0 aromatic heterocycles. The van der Waals surface area contributed by atoms with E-state index in [4.69, 9.17) is 26.6 Å². The maximum Gasteiger partial charge on any atom is 0.335 e. The Balaban J connectivity index is 0.000000186. The number of carbonyl (C=O) groups is 2. The van der Waals surface area contributed by atoms with Gasteiger partial charge >= 0.3 is 5.97 Å². The Morgan fingerprint density at radius 1 is 0.872 bits per heavy atom. The number of aromatic hydroxyl groups is 1. The van der Waals surface area contributed by atoms with Crippen LogP contribution in [0.25, 0.3) is 11.1 Å². The van der Waals surface area contributed by atoms with Crippen molar-refractivity contribution in [2.75, 3.05) is 0 Å². The Morgan fingerprint density at radius 2 is 1.38 bits per heavy atom. The molecular weight excluding hydrogens is 518 g/mol. The summed E-state index contributed by atoms with van der Waals surface area (Å²) in [6.45, 7) is 1.88. The average molecular weight is 548 g/mol. The monoisotopic (exact) mass is 547 g/mol. The Labute approximate surface area is 232 Å². The van der Waals surface area contributed by atoms with Crippen LogP contribution in [-0.2, 0) is 16.1 Å². The number of aromatic carboxylic acids is 1. The van der Waals surface area contributed by atoms with E-state index in [0.29, 0.717) is 17.7 Å². The smallest absolute Gasteiger partial charge is 0.335 e. The summed E-state index contributed by atoms with van der Waals surface area (Å²) in [6, 6.07) is 35.0. The Bertz CT molecular complexity index is 1300. The second-order valence-corrected chi connectivity index (χ2v) is 8.27. The number of hydrogen-bond donors (Lipinski definition) is 3. The number of carboxylic acids is 1. The second-order valence-electron chi connectivity index (χ2n) is 7.90. The Hall–Kier alpha value is -4.59. The van der Waals surface area contributed by atoms with Crippen molar-refractivity contribution >= 4 is 24.0 Å². The van der Waals surface area contributed by atoms with Crippen LogP contribution in [0.4, 0.5) is 0 Å². The molecule has 39 heavy (non-hydrogen) atoms. The molecule has 1 amide bonds. The lowest BCUT2D eigenvalue weighted by Crippen LogP contribution is -2.22. The number of carboxylic acid groups (broad SMARTS) is 1. The summed E-state index contributed by atoms with van der Waals surface area (Å²) >= 11 is 5.42. The molecule has 0 saturated heterocycles. The molecule has 1 heterocycles. The molecule has 0 spiro atoms. The maximum absolute atomic E-state index is 10.2. The SMILES string of the molecule is CC1OC(Cl)=CN1C=O.O=C(O)c1ccccc1.OCc1ccccc1.Oc1ccccc1-c1ccccc1. The molecule has 1 aliphatic rings. The molecule has 1 atom stereocenters. The summed E-state index contributed by atoms with van der Waals surface area (Å²) < 4.78 is 4.89. The molecule has 0 radical (unpaired) electrons. The van der Waals surface area contributed by atoms with Gasteiger partial charge in [-0.05, 0) is 47.9 Å². The van der Waals surface area contributed by atoms with Crippen LogP contribution in [0, 0.1) is 0 Å². The van der Waals surface area contributed by atoms with Crippen LogP contribution in [0.3, 0.4) is 0 Å². The molecule has 4 aromatic rings. The summed E-state index contributed by atoms with van der Waals surface area (Å²) in [5.74, 6) is -0.552. The summed E-state index contributed by atoms with van der Waals surface area (Å²) in [6.07, 6.45) is 1.86. The van der Waals surface area contributed by atoms with E-state index in [1.807, 2.05) is 78.9 Å². The number of halogens is 1. The first-order valence-electron chi connectivity index (χ1n) is 11.9. The number of carbonyl (C=O) groups excluding carboxylic acids is 1. The van der Waals surface area contributed by atoms with Crippen LogP contribution in [0.2, 0.25) is 0 Å². The third-order valence-corrected chi connectivity index (χ3v) is 5.30. The summed E-state index contributed by atoms with van der Waals surface area (Å²) in [4.78, 5) is 21.7. The lowest BCUT2D eigenvalue weighted by molar-refractivity contribution is -0.120. The third-order valence-electron chi connectivity index (χ3n) is 5.11. The number of hydrogen-bond acceptors (Lipinski definition) is 5. The minimum Gasteiger partial charge on any atom is -0.507 e. The van der Waals surface area contributed by atoms with Gasteiger partial charge in [-0.15, -0.1) is 0 Å². The number of para-hydroxylation sites is 1. The second kappa shape index (κ2) is 17.0. The van der Waals surface area contributed by atoms with Gasteiger partial charge in [0, 0.05) is 5.56 Å². The van der Waals surface area contributed by atoms with E-state index in [2.05, 4.69) is 0 Å². The summed E-state index contributed by atoms with van der Waals surface area (Å²) in [5, 5.41) is 26.7. The zero-order valence-electron chi connectivity index (χ0n) is 21.3. The molecule has 0 saturated carbocycles. The zero-order chi connectivity index (χ0) is 28.5. The fraction of sp³-hybridized carbons (Fsp3) is 0.0968. The van der Waals surface area contributed by atoms with Gasteiger partial charge in [-0.1, -0.05) is 97.1 Å². The van der Waals surface area contributed by atoms with Crippen molar-refractivity contribution < 1.29 is 29.6 Å². The number of ether oxygens (including phenoxy) is 1. The highest BCUT2D eigenvalue weighted by Crippen LogP contribution is 2.27. The first-order valence-corrected chi connectivity index (χ1v) is 12.3. The number of aliphatic hydroxyl groups excluding tert-OH is 1. The topological polar surface area (TPSA) is 107 Å². The predicted molar refractivity (Wildman–Crippen MR) is 152 cm³/mol. The van der Waals surface area contributed by atoms with Crippen molar-refractivity contribution in [1.82, 2.24) is 4.90 Å². The predicted octanol–water partition coefficient (Wildman–Crippen LogP) is 6.48. The minimum atomic E-state index is -0.879. The van der Waals surface area contributed by atoms with Gasteiger partial charge in [-0.25, -0.2) is 4.79 Å². The van der Waals surface area contributed by atoms with E-state index in [0.717, 1.165) is 16.7 Å². The standard InChI is InChI=1S/C12H10O.C7H6O2.C7H8O.C5H6ClNO2/c13-12-9-5-4-8-11(12)10-6-2-1-3-7-10;8-7(9)6-4-2-1-3-5-6;8-6-7-4-2-1-3-5-7;1-4-7(3-8)2-5(6)9-4/h1-9,13H;1-5H,(H,8,9);1-5,8H,6H2;2-4H,1H3. The van der Waals surface area contributed by atoms with Crippen LogP contribution in [0.1, 0.15) is 22.8 Å². The summed E-state index contributed by atoms with van der Waals surface area (Å²) in [5.41, 5.74) is 3.22. The fourth-order valence-corrected chi connectivity index (χ4v) is 3.33. The maximum atomic E-state index is 10.2. The highest BCUT2D eigenvalue weighted by molar-refractivity contribution is 6.28. The number of phenolic OH excluding ortho intramolecular Hbond substituents is 1. The van der Waals surface area contributed by atoms with Gasteiger partial charge in [0.05, 0.1) is 18.4 Å². The van der Waals surface area contributed by atoms with E-state index in [9.17, 15) is 14.7 Å². The van der Waals surface area contributed by atoms with Crippen LogP contribution < -0.4 is 0 Å². The van der Waals surface area contributed by atoms with Crippen LogP contribution in [0.5, 0.6) is 5.75 Å². The molecule has 202 valence electrons. The minimum absolute atomic E-state index is 0.140. The molecule has 5 rings (SSSR count). The van der Waals surface area contributed by atoms with Crippen molar-refractivity contribution in [2.45, 2.75) is 19.8 Å². The quantitative estimate of drug-likeness (QED) is 0.252. The molecule has 0 aliphatic carbocycles. The van der Waals surface area contributed by atoms with E-state index >= 15 is 0 Å². The van der Waals surface area contributed by atoms with Crippen molar-refractivity contribution in [1.29, 1.82) is 0 Å². The number of aliphatic hydroxyl groups is 1. The van der Waals surface area contributed by atoms with Crippen molar-refractivity contribution in [3.05, 3.63) is 138 Å². The van der Waals surface area contributed by atoms with E-state index in [-0.39, 0.29) is 18.1 Å². The van der Waals surface area contributed by atoms with Crippen LogP contribution >= 0.6 is 11.6 Å². The largest absolute Gasteiger partial charge is 0.507 e. The van der Waals surface area contributed by atoms with E-state index < -0.39 is 5.97 Å². The molecule has 4 aromatic carbocycles. The van der Waals surface area contributed by atoms with Gasteiger partial charge in [-0.3, -0.25) is 9.69 Å². The normalized spacial score (nSPS) is 13.1. The van der Waals surface area contributed by atoms with Crippen molar-refractivity contribution in [3.63, 3.8) is 0 Å². The first-order chi connectivity index (χ1) is 18.8. The highest BCUT2D eigenvalue weighted by atomic mass is 35.5.